The Balaban J connectivity index is 1.69. The molecule has 1 fully saturated rings. The van der Waals surface area contributed by atoms with Gasteiger partial charge in [-0.25, -0.2) is 22.0 Å². The Bertz CT molecular complexity index is 898. The number of ether oxygens (including phenoxy) is 2. The zero-order valence-electron chi connectivity index (χ0n) is 17.9. The molecule has 3 rings (SSSR count). The van der Waals surface area contributed by atoms with Crippen molar-refractivity contribution >= 4 is 0 Å². The molecule has 1 heterocycles. The van der Waals surface area contributed by atoms with Crippen LogP contribution in [0, 0.1) is 23.4 Å². The molecule has 0 spiro atoms. The number of unbranched alkanes of at least 4 members (excludes halogenated alkanes) is 2. The minimum Gasteiger partial charge on any atom is -0.348 e. The molecular formula is C25H27F5O2. The van der Waals surface area contributed by atoms with Crippen molar-refractivity contribution in [2.24, 2.45) is 5.92 Å². The molecule has 2 aromatic rings. The van der Waals surface area contributed by atoms with Crippen LogP contribution in [-0.2, 0) is 15.9 Å². The zero-order chi connectivity index (χ0) is 23.1. The van der Waals surface area contributed by atoms with Crippen molar-refractivity contribution in [1.82, 2.24) is 0 Å². The average molecular weight is 454 g/mol. The van der Waals surface area contributed by atoms with Gasteiger partial charge < -0.3 is 9.47 Å². The standard InChI is InChI=1S/C25H27F5O2/c1-2-3-4-6-16-14-31-25(32-15-16)17-9-10-19(21(26)11-17)18-12-22(27)20(23(28)13-18)7-5-8-24(29)30/h5,8-13,16,24-25H,2-4,6-7,14-15H2,1H3/b8-5+. The highest BCUT2D eigenvalue weighted by atomic mass is 19.3. The van der Waals surface area contributed by atoms with Crippen molar-refractivity contribution in [2.45, 2.75) is 51.7 Å². The van der Waals surface area contributed by atoms with Gasteiger partial charge >= 0.3 is 0 Å². The maximum atomic E-state index is 14.8. The summed E-state index contributed by atoms with van der Waals surface area (Å²) in [6.07, 6.45) is 2.33. The molecule has 0 amide bonds. The van der Waals surface area contributed by atoms with E-state index in [4.69, 9.17) is 9.47 Å². The van der Waals surface area contributed by atoms with Gasteiger partial charge in [0.1, 0.15) is 17.5 Å². The van der Waals surface area contributed by atoms with Gasteiger partial charge in [0.15, 0.2) is 6.29 Å². The minimum atomic E-state index is -2.70. The lowest BCUT2D eigenvalue weighted by Crippen LogP contribution is -2.27. The van der Waals surface area contributed by atoms with Crippen LogP contribution in [0.1, 0.15) is 50.0 Å². The lowest BCUT2D eigenvalue weighted by atomic mass is 9.99. The second-order valence-electron chi connectivity index (χ2n) is 7.98. The van der Waals surface area contributed by atoms with Crippen LogP contribution in [0.15, 0.2) is 42.5 Å². The zero-order valence-corrected chi connectivity index (χ0v) is 17.9. The predicted molar refractivity (Wildman–Crippen MR) is 113 cm³/mol. The van der Waals surface area contributed by atoms with Gasteiger partial charge in [0.05, 0.1) is 13.2 Å². The summed E-state index contributed by atoms with van der Waals surface area (Å²) in [4.78, 5) is 0. The van der Waals surface area contributed by atoms with Crippen molar-refractivity contribution in [3.8, 4) is 11.1 Å². The van der Waals surface area contributed by atoms with E-state index in [0.717, 1.165) is 37.5 Å². The third-order valence-electron chi connectivity index (χ3n) is 5.50. The van der Waals surface area contributed by atoms with Crippen LogP contribution in [0.4, 0.5) is 22.0 Å². The summed E-state index contributed by atoms with van der Waals surface area (Å²) < 4.78 is 79.3. The van der Waals surface area contributed by atoms with E-state index in [1.54, 1.807) is 6.07 Å². The minimum absolute atomic E-state index is 0.0205. The number of rotatable bonds is 9. The second kappa shape index (κ2) is 11.6. The van der Waals surface area contributed by atoms with Gasteiger partial charge in [0, 0.05) is 22.6 Å². The maximum absolute atomic E-state index is 14.8. The summed E-state index contributed by atoms with van der Waals surface area (Å²) in [5.74, 6) is -2.18. The molecule has 0 atom stereocenters. The normalized spacial score (nSPS) is 19.2. The van der Waals surface area contributed by atoms with Gasteiger partial charge in [0.2, 0.25) is 0 Å². The monoisotopic (exact) mass is 454 g/mol. The molecule has 2 aromatic carbocycles. The Labute approximate surface area is 185 Å². The number of benzene rings is 2. The average Bonchev–Trinajstić information content (AvgIpc) is 2.76. The lowest BCUT2D eigenvalue weighted by molar-refractivity contribution is -0.206. The van der Waals surface area contributed by atoms with Crippen LogP contribution in [0.3, 0.4) is 0 Å². The molecule has 174 valence electrons. The van der Waals surface area contributed by atoms with Crippen molar-refractivity contribution in [1.29, 1.82) is 0 Å². The fourth-order valence-electron chi connectivity index (χ4n) is 3.74. The Morgan fingerprint density at radius 3 is 2.25 bits per heavy atom. The SMILES string of the molecule is CCCCCC1COC(c2ccc(-c3cc(F)c(C/C=C/C(F)F)c(F)c3)c(F)c2)OC1. The van der Waals surface area contributed by atoms with Gasteiger partial charge in [0.25, 0.3) is 6.43 Å². The molecule has 0 aliphatic carbocycles. The number of allylic oxidation sites excluding steroid dienone is 2. The van der Waals surface area contributed by atoms with Gasteiger partial charge in [-0.05, 0) is 42.7 Å². The molecule has 7 heteroatoms. The molecule has 32 heavy (non-hydrogen) atoms. The molecule has 1 aliphatic heterocycles. The fraction of sp³-hybridized carbons (Fsp3) is 0.440. The molecule has 1 aliphatic rings. The summed E-state index contributed by atoms with van der Waals surface area (Å²) in [5.41, 5.74) is 0.190. The molecule has 2 nitrogen and oxygen atoms in total. The first-order chi connectivity index (χ1) is 15.4. The molecule has 1 saturated heterocycles. The first-order valence-corrected chi connectivity index (χ1v) is 10.8. The van der Waals surface area contributed by atoms with Crippen LogP contribution in [0.2, 0.25) is 0 Å². The van der Waals surface area contributed by atoms with E-state index in [-0.39, 0.29) is 23.1 Å². The summed E-state index contributed by atoms with van der Waals surface area (Å²) in [6.45, 7) is 3.22. The number of hydrogen-bond acceptors (Lipinski definition) is 2. The van der Waals surface area contributed by atoms with Gasteiger partial charge in [-0.3, -0.25) is 0 Å². The lowest BCUT2D eigenvalue weighted by Gasteiger charge is -2.29. The molecule has 0 unspecified atom stereocenters. The van der Waals surface area contributed by atoms with Crippen molar-refractivity contribution in [2.75, 3.05) is 13.2 Å². The highest BCUT2D eigenvalue weighted by Gasteiger charge is 2.24. The van der Waals surface area contributed by atoms with Gasteiger partial charge in [-0.15, -0.1) is 0 Å². The molecule has 0 bridgehead atoms. The Morgan fingerprint density at radius 2 is 1.66 bits per heavy atom. The maximum Gasteiger partial charge on any atom is 0.257 e. The highest BCUT2D eigenvalue weighted by Crippen LogP contribution is 2.32. The molecule has 0 saturated carbocycles. The molecule has 0 aromatic heterocycles. The third-order valence-corrected chi connectivity index (χ3v) is 5.50. The Morgan fingerprint density at radius 1 is 0.969 bits per heavy atom. The quantitative estimate of drug-likeness (QED) is 0.224. The molecule has 0 radical (unpaired) electrons. The largest absolute Gasteiger partial charge is 0.348 e. The van der Waals surface area contributed by atoms with E-state index in [1.165, 1.54) is 18.6 Å². The van der Waals surface area contributed by atoms with E-state index < -0.39 is 30.2 Å². The second-order valence-corrected chi connectivity index (χ2v) is 7.98. The topological polar surface area (TPSA) is 18.5 Å². The number of alkyl halides is 2. The van der Waals surface area contributed by atoms with Crippen LogP contribution < -0.4 is 0 Å². The Kier molecular flexibility index (Phi) is 8.82. The van der Waals surface area contributed by atoms with Crippen LogP contribution in [0.5, 0.6) is 0 Å². The third kappa shape index (κ3) is 6.39. The summed E-state index contributed by atoms with van der Waals surface area (Å²) in [6, 6.07) is 6.28. The van der Waals surface area contributed by atoms with E-state index in [2.05, 4.69) is 6.92 Å². The van der Waals surface area contributed by atoms with Crippen LogP contribution in [0.25, 0.3) is 11.1 Å². The summed E-state index contributed by atoms with van der Waals surface area (Å²) in [5, 5.41) is 0. The highest BCUT2D eigenvalue weighted by molar-refractivity contribution is 5.65. The first-order valence-electron chi connectivity index (χ1n) is 10.8. The van der Waals surface area contributed by atoms with E-state index >= 15 is 0 Å². The summed E-state index contributed by atoms with van der Waals surface area (Å²) >= 11 is 0. The smallest absolute Gasteiger partial charge is 0.257 e. The Hall–Kier alpha value is -2.25. The van der Waals surface area contributed by atoms with Gasteiger partial charge in [-0.1, -0.05) is 44.4 Å². The first kappa shape index (κ1) is 24.4. The van der Waals surface area contributed by atoms with Gasteiger partial charge in [-0.2, -0.15) is 0 Å². The summed E-state index contributed by atoms with van der Waals surface area (Å²) in [7, 11) is 0. The number of hydrogen-bond donors (Lipinski definition) is 0. The van der Waals surface area contributed by atoms with Crippen molar-refractivity contribution in [3.63, 3.8) is 0 Å². The van der Waals surface area contributed by atoms with E-state index in [9.17, 15) is 22.0 Å². The molecular weight excluding hydrogens is 427 g/mol. The van der Waals surface area contributed by atoms with Crippen molar-refractivity contribution in [3.05, 3.63) is 71.1 Å². The van der Waals surface area contributed by atoms with E-state index in [1.807, 2.05) is 0 Å². The number of halogens is 5. The van der Waals surface area contributed by atoms with Crippen LogP contribution in [-0.4, -0.2) is 19.6 Å². The van der Waals surface area contributed by atoms with E-state index in [0.29, 0.717) is 30.8 Å². The molecule has 0 N–H and O–H groups in total. The van der Waals surface area contributed by atoms with Crippen LogP contribution >= 0.6 is 0 Å². The van der Waals surface area contributed by atoms with Crippen molar-refractivity contribution < 1.29 is 31.4 Å². The predicted octanol–water partition coefficient (Wildman–Crippen LogP) is 7.38. The fourth-order valence-corrected chi connectivity index (χ4v) is 3.74.